The van der Waals surface area contributed by atoms with Crippen LogP contribution in [-0.4, -0.2) is 61.9 Å². The minimum Gasteiger partial charge on any atom is -0.493 e. The number of carbonyl (C=O) groups is 1. The number of fused-ring (bicyclic) bond motifs is 1. The average molecular weight is 389 g/mol. The standard InChI is InChI=1S/C22H32N2O4/c1-5-27-20-14-19-12-15(2)28-21(19)13-18(20)6-7-22(25)23-16(3)17(4)24-8-10-26-11-9-24/h6-7,13-17H,5,8-12H2,1-4H3,(H,23,25)/b7-6+. The van der Waals surface area contributed by atoms with E-state index in [4.69, 9.17) is 14.2 Å². The Morgan fingerprint density at radius 1 is 1.36 bits per heavy atom. The van der Waals surface area contributed by atoms with Crippen LogP contribution in [0.15, 0.2) is 18.2 Å². The van der Waals surface area contributed by atoms with Crippen molar-refractivity contribution >= 4 is 12.0 Å². The SMILES string of the molecule is CCOc1cc2c(cc1/C=C/C(=O)NC(C)C(C)N1CCOCC1)OC(C)C2. The molecule has 1 fully saturated rings. The Hall–Kier alpha value is -2.05. The smallest absolute Gasteiger partial charge is 0.244 e. The summed E-state index contributed by atoms with van der Waals surface area (Å²) in [6.07, 6.45) is 4.44. The van der Waals surface area contributed by atoms with Crippen molar-refractivity contribution in [2.45, 2.75) is 52.3 Å². The van der Waals surface area contributed by atoms with Crippen LogP contribution in [0.5, 0.6) is 11.5 Å². The molecule has 3 rings (SSSR count). The van der Waals surface area contributed by atoms with Crippen molar-refractivity contribution in [1.82, 2.24) is 10.2 Å². The van der Waals surface area contributed by atoms with E-state index in [1.54, 1.807) is 12.2 Å². The van der Waals surface area contributed by atoms with Crippen molar-refractivity contribution in [1.29, 1.82) is 0 Å². The summed E-state index contributed by atoms with van der Waals surface area (Å²) in [6.45, 7) is 12.1. The van der Waals surface area contributed by atoms with Crippen LogP contribution in [-0.2, 0) is 16.0 Å². The molecule has 6 heteroatoms. The van der Waals surface area contributed by atoms with E-state index in [0.29, 0.717) is 6.61 Å². The lowest BCUT2D eigenvalue weighted by Gasteiger charge is -2.35. The van der Waals surface area contributed by atoms with E-state index < -0.39 is 0 Å². The monoisotopic (exact) mass is 388 g/mol. The van der Waals surface area contributed by atoms with Gasteiger partial charge in [-0.05, 0) is 45.9 Å². The quantitative estimate of drug-likeness (QED) is 0.728. The van der Waals surface area contributed by atoms with Crippen LogP contribution in [0, 0.1) is 0 Å². The van der Waals surface area contributed by atoms with Gasteiger partial charge in [-0.15, -0.1) is 0 Å². The van der Waals surface area contributed by atoms with Crippen molar-refractivity contribution in [3.63, 3.8) is 0 Å². The van der Waals surface area contributed by atoms with E-state index in [2.05, 4.69) is 24.1 Å². The number of hydrogen-bond donors (Lipinski definition) is 1. The van der Waals surface area contributed by atoms with Gasteiger partial charge >= 0.3 is 0 Å². The Morgan fingerprint density at radius 2 is 2.11 bits per heavy atom. The van der Waals surface area contributed by atoms with Crippen molar-refractivity contribution in [3.8, 4) is 11.5 Å². The van der Waals surface area contributed by atoms with Gasteiger partial charge in [-0.3, -0.25) is 9.69 Å². The first-order chi connectivity index (χ1) is 13.5. The normalized spacial score (nSPS) is 21.8. The molecule has 0 aromatic heterocycles. The first-order valence-electron chi connectivity index (χ1n) is 10.2. The maximum atomic E-state index is 12.5. The Morgan fingerprint density at radius 3 is 2.82 bits per heavy atom. The van der Waals surface area contributed by atoms with Gasteiger partial charge in [0.2, 0.25) is 5.91 Å². The predicted octanol–water partition coefficient (Wildman–Crippen LogP) is 2.65. The number of morpholine rings is 1. The van der Waals surface area contributed by atoms with Gasteiger partial charge in [0.15, 0.2) is 0 Å². The molecular weight excluding hydrogens is 356 g/mol. The fourth-order valence-corrected chi connectivity index (χ4v) is 3.73. The van der Waals surface area contributed by atoms with Gasteiger partial charge in [-0.2, -0.15) is 0 Å². The summed E-state index contributed by atoms with van der Waals surface area (Å²) in [5.41, 5.74) is 2.02. The maximum Gasteiger partial charge on any atom is 0.244 e. The lowest BCUT2D eigenvalue weighted by molar-refractivity contribution is -0.117. The number of ether oxygens (including phenoxy) is 3. The van der Waals surface area contributed by atoms with Crippen LogP contribution in [0.4, 0.5) is 0 Å². The summed E-state index contributed by atoms with van der Waals surface area (Å²) < 4.78 is 17.0. The second-order valence-corrected chi connectivity index (χ2v) is 7.58. The highest BCUT2D eigenvalue weighted by molar-refractivity contribution is 5.92. The van der Waals surface area contributed by atoms with Gasteiger partial charge in [0.25, 0.3) is 0 Å². The minimum absolute atomic E-state index is 0.0471. The highest BCUT2D eigenvalue weighted by Crippen LogP contribution is 2.35. The molecular formula is C22H32N2O4. The molecule has 1 saturated heterocycles. The molecule has 1 amide bonds. The van der Waals surface area contributed by atoms with Crippen molar-refractivity contribution in [2.24, 2.45) is 0 Å². The van der Waals surface area contributed by atoms with Gasteiger partial charge in [0, 0.05) is 48.8 Å². The number of nitrogens with zero attached hydrogens (tertiary/aromatic N) is 1. The summed E-state index contributed by atoms with van der Waals surface area (Å²) in [5, 5.41) is 3.08. The zero-order chi connectivity index (χ0) is 20.1. The maximum absolute atomic E-state index is 12.5. The van der Waals surface area contributed by atoms with Crippen LogP contribution in [0.3, 0.4) is 0 Å². The fourth-order valence-electron chi connectivity index (χ4n) is 3.73. The van der Waals surface area contributed by atoms with Crippen LogP contribution in [0.1, 0.15) is 38.8 Å². The molecule has 3 unspecified atom stereocenters. The lowest BCUT2D eigenvalue weighted by Crippen LogP contribution is -2.51. The van der Waals surface area contributed by atoms with Crippen LogP contribution in [0.25, 0.3) is 6.08 Å². The molecule has 0 spiro atoms. The number of carbonyl (C=O) groups excluding carboxylic acids is 1. The second kappa shape index (κ2) is 9.43. The molecule has 2 aliphatic heterocycles. The van der Waals surface area contributed by atoms with Gasteiger partial charge in [-0.1, -0.05) is 0 Å². The van der Waals surface area contributed by atoms with Crippen LogP contribution >= 0.6 is 0 Å². The number of benzene rings is 1. The van der Waals surface area contributed by atoms with Gasteiger partial charge in [-0.25, -0.2) is 0 Å². The first kappa shape index (κ1) is 20.7. The third kappa shape index (κ3) is 5.06. The van der Waals surface area contributed by atoms with Crippen molar-refractivity contribution in [2.75, 3.05) is 32.9 Å². The topological polar surface area (TPSA) is 60.0 Å². The number of hydrogen-bond acceptors (Lipinski definition) is 5. The second-order valence-electron chi connectivity index (χ2n) is 7.58. The molecule has 1 N–H and O–H groups in total. The van der Waals surface area contributed by atoms with E-state index >= 15 is 0 Å². The van der Waals surface area contributed by atoms with Gasteiger partial charge in [0.05, 0.1) is 19.8 Å². The van der Waals surface area contributed by atoms with Crippen molar-refractivity contribution in [3.05, 3.63) is 29.3 Å². The molecule has 0 radical (unpaired) electrons. The molecule has 2 aliphatic rings. The largest absolute Gasteiger partial charge is 0.493 e. The molecule has 3 atom stereocenters. The zero-order valence-electron chi connectivity index (χ0n) is 17.4. The van der Waals surface area contributed by atoms with E-state index in [-0.39, 0.29) is 24.1 Å². The Bertz CT molecular complexity index is 713. The Labute approximate surface area is 167 Å². The summed E-state index contributed by atoms with van der Waals surface area (Å²) in [7, 11) is 0. The first-order valence-corrected chi connectivity index (χ1v) is 10.2. The van der Waals surface area contributed by atoms with Crippen LogP contribution in [0.2, 0.25) is 0 Å². The molecule has 28 heavy (non-hydrogen) atoms. The molecule has 0 aliphatic carbocycles. The van der Waals surface area contributed by atoms with Gasteiger partial charge < -0.3 is 19.5 Å². The third-order valence-electron chi connectivity index (χ3n) is 5.46. The zero-order valence-corrected chi connectivity index (χ0v) is 17.4. The minimum atomic E-state index is -0.107. The Kier molecular flexibility index (Phi) is 6.97. The average Bonchev–Trinajstić information content (AvgIpc) is 3.05. The van der Waals surface area contributed by atoms with E-state index in [1.807, 2.05) is 26.0 Å². The van der Waals surface area contributed by atoms with E-state index in [1.165, 1.54) is 0 Å². The van der Waals surface area contributed by atoms with Crippen LogP contribution < -0.4 is 14.8 Å². The Balaban J connectivity index is 1.64. The van der Waals surface area contributed by atoms with Gasteiger partial charge in [0.1, 0.15) is 17.6 Å². The molecule has 1 aromatic carbocycles. The third-order valence-corrected chi connectivity index (χ3v) is 5.46. The highest BCUT2D eigenvalue weighted by atomic mass is 16.5. The summed E-state index contributed by atoms with van der Waals surface area (Å²) >= 11 is 0. The fraction of sp³-hybridized carbons (Fsp3) is 0.591. The molecule has 2 heterocycles. The number of rotatable bonds is 7. The molecule has 0 saturated carbocycles. The van der Waals surface area contributed by atoms with E-state index in [9.17, 15) is 4.79 Å². The lowest BCUT2D eigenvalue weighted by atomic mass is 10.1. The number of amides is 1. The predicted molar refractivity (Wildman–Crippen MR) is 110 cm³/mol. The van der Waals surface area contributed by atoms with Crippen molar-refractivity contribution < 1.29 is 19.0 Å². The van der Waals surface area contributed by atoms with E-state index in [0.717, 1.165) is 55.4 Å². The highest BCUT2D eigenvalue weighted by Gasteiger charge is 2.23. The summed E-state index contributed by atoms with van der Waals surface area (Å²) in [5.74, 6) is 1.56. The summed E-state index contributed by atoms with van der Waals surface area (Å²) in [4.78, 5) is 14.8. The number of nitrogens with one attached hydrogen (secondary N) is 1. The molecule has 0 bridgehead atoms. The molecule has 6 nitrogen and oxygen atoms in total. The summed E-state index contributed by atoms with van der Waals surface area (Å²) in [6, 6.07) is 4.30. The molecule has 1 aromatic rings. The molecule has 154 valence electrons.